The molecular weight excluding hydrogens is 256 g/mol. The predicted octanol–water partition coefficient (Wildman–Crippen LogP) is 1.89. The molecular formula is C11H9ClN4O2. The Kier molecular flexibility index (Phi) is 2.52. The number of hydrogen-bond donors (Lipinski definition) is 1. The van der Waals surface area contributed by atoms with Crippen LogP contribution < -0.4 is 0 Å². The molecule has 0 radical (unpaired) electrons. The number of hydrogen-bond acceptors (Lipinski definition) is 4. The van der Waals surface area contributed by atoms with Crippen LogP contribution in [-0.2, 0) is 0 Å². The highest BCUT2D eigenvalue weighted by atomic mass is 35.5. The molecule has 1 heterocycles. The number of nitrogens with zero attached hydrogens (tertiary/aromatic N) is 4. The summed E-state index contributed by atoms with van der Waals surface area (Å²) < 4.78 is 1.48. The summed E-state index contributed by atoms with van der Waals surface area (Å²) in [6, 6.07) is 4.65. The molecule has 0 aliphatic heterocycles. The minimum Gasteiger partial charge on any atom is -0.478 e. The lowest BCUT2D eigenvalue weighted by Gasteiger charge is -2.07. The van der Waals surface area contributed by atoms with Crippen LogP contribution in [0, 0.1) is 0 Å². The number of tetrazole rings is 1. The largest absolute Gasteiger partial charge is 0.478 e. The molecule has 0 bridgehead atoms. The van der Waals surface area contributed by atoms with E-state index in [4.69, 9.17) is 11.6 Å². The van der Waals surface area contributed by atoms with Crippen molar-refractivity contribution in [1.82, 2.24) is 20.2 Å². The molecule has 1 aliphatic rings. The summed E-state index contributed by atoms with van der Waals surface area (Å²) in [6.45, 7) is 0. The van der Waals surface area contributed by atoms with Crippen LogP contribution in [0.2, 0.25) is 5.02 Å². The third-order valence-electron chi connectivity index (χ3n) is 2.85. The minimum atomic E-state index is -1.05. The molecule has 3 rings (SSSR count). The van der Waals surface area contributed by atoms with E-state index in [0.717, 1.165) is 12.8 Å². The lowest BCUT2D eigenvalue weighted by atomic mass is 10.2. The molecule has 0 unspecified atom stereocenters. The van der Waals surface area contributed by atoms with E-state index < -0.39 is 5.97 Å². The summed E-state index contributed by atoms with van der Waals surface area (Å²) in [4.78, 5) is 11.2. The average molecular weight is 265 g/mol. The minimum absolute atomic E-state index is 0.0942. The highest BCUT2D eigenvalue weighted by Gasteiger charge is 2.30. The monoisotopic (exact) mass is 264 g/mol. The molecule has 1 aromatic heterocycles. The fourth-order valence-corrected chi connectivity index (χ4v) is 2.00. The van der Waals surface area contributed by atoms with Crippen molar-refractivity contribution in [3.63, 3.8) is 0 Å². The number of halogens is 1. The van der Waals surface area contributed by atoms with Crippen LogP contribution in [-0.4, -0.2) is 31.3 Å². The summed E-state index contributed by atoms with van der Waals surface area (Å²) in [7, 11) is 0. The van der Waals surface area contributed by atoms with Crippen molar-refractivity contribution >= 4 is 17.6 Å². The molecule has 18 heavy (non-hydrogen) atoms. The number of aromatic nitrogens is 4. The Morgan fingerprint density at radius 3 is 2.89 bits per heavy atom. The van der Waals surface area contributed by atoms with Crippen molar-refractivity contribution in [2.45, 2.75) is 18.8 Å². The smallest absolute Gasteiger partial charge is 0.337 e. The van der Waals surface area contributed by atoms with Crippen LogP contribution in [0.15, 0.2) is 18.2 Å². The molecule has 1 saturated carbocycles. The Bertz CT molecular complexity index is 621. The molecule has 7 heteroatoms. The van der Waals surface area contributed by atoms with Gasteiger partial charge in [-0.15, -0.1) is 5.10 Å². The van der Waals surface area contributed by atoms with Crippen molar-refractivity contribution < 1.29 is 9.90 Å². The first-order valence-corrected chi connectivity index (χ1v) is 5.86. The lowest BCUT2D eigenvalue weighted by Crippen LogP contribution is -2.09. The molecule has 1 aliphatic carbocycles. The summed E-state index contributed by atoms with van der Waals surface area (Å²) in [5, 5.41) is 21.0. The number of benzene rings is 1. The lowest BCUT2D eigenvalue weighted by molar-refractivity contribution is 0.0696. The molecule has 1 aromatic carbocycles. The van der Waals surface area contributed by atoms with Gasteiger partial charge in [-0.2, -0.15) is 4.68 Å². The topological polar surface area (TPSA) is 80.9 Å². The highest BCUT2D eigenvalue weighted by Crippen LogP contribution is 2.39. The van der Waals surface area contributed by atoms with Crippen molar-refractivity contribution in [3.8, 4) is 5.69 Å². The summed E-state index contributed by atoms with van der Waals surface area (Å²) in [5.41, 5.74) is 0.538. The van der Waals surface area contributed by atoms with Gasteiger partial charge in [-0.25, -0.2) is 4.79 Å². The molecule has 0 spiro atoms. The Morgan fingerprint density at radius 2 is 2.22 bits per heavy atom. The molecule has 0 atom stereocenters. The van der Waals surface area contributed by atoms with Crippen LogP contribution in [0.25, 0.3) is 5.69 Å². The number of rotatable bonds is 3. The van der Waals surface area contributed by atoms with E-state index in [1.807, 2.05) is 0 Å². The van der Waals surface area contributed by atoms with E-state index in [0.29, 0.717) is 22.5 Å². The molecule has 0 saturated heterocycles. The Hall–Kier alpha value is -1.95. The fourth-order valence-electron chi connectivity index (χ4n) is 1.83. The first kappa shape index (κ1) is 11.2. The van der Waals surface area contributed by atoms with E-state index in [2.05, 4.69) is 15.5 Å². The molecule has 0 amide bonds. The number of carboxylic acid groups (broad SMARTS) is 1. The second kappa shape index (κ2) is 4.06. The number of carbonyl (C=O) groups is 1. The maximum Gasteiger partial charge on any atom is 0.337 e. The first-order chi connectivity index (χ1) is 8.66. The maximum absolute atomic E-state index is 11.2. The molecule has 1 fully saturated rings. The van der Waals surface area contributed by atoms with Gasteiger partial charge in [0.05, 0.1) is 11.3 Å². The van der Waals surface area contributed by atoms with Gasteiger partial charge in [0, 0.05) is 10.9 Å². The predicted molar refractivity (Wildman–Crippen MR) is 63.1 cm³/mol. The highest BCUT2D eigenvalue weighted by molar-refractivity contribution is 6.31. The van der Waals surface area contributed by atoms with Gasteiger partial charge in [-0.3, -0.25) is 0 Å². The zero-order valence-corrected chi connectivity index (χ0v) is 10.0. The quantitative estimate of drug-likeness (QED) is 0.916. The van der Waals surface area contributed by atoms with Gasteiger partial charge >= 0.3 is 5.97 Å². The van der Waals surface area contributed by atoms with Gasteiger partial charge in [0.25, 0.3) is 0 Å². The van der Waals surface area contributed by atoms with Crippen molar-refractivity contribution in [3.05, 3.63) is 34.6 Å². The fraction of sp³-hybridized carbons (Fsp3) is 0.273. The van der Waals surface area contributed by atoms with Crippen LogP contribution in [0.4, 0.5) is 0 Å². The van der Waals surface area contributed by atoms with Gasteiger partial charge in [0.2, 0.25) is 0 Å². The number of aromatic carboxylic acids is 1. The Labute approximate surface area is 107 Å². The van der Waals surface area contributed by atoms with E-state index in [9.17, 15) is 9.90 Å². The Balaban J connectivity index is 2.15. The summed E-state index contributed by atoms with van der Waals surface area (Å²) in [5.74, 6) is -0.0121. The van der Waals surface area contributed by atoms with Crippen molar-refractivity contribution in [2.24, 2.45) is 0 Å². The number of carboxylic acids is 1. The molecule has 2 aromatic rings. The van der Waals surface area contributed by atoms with Gasteiger partial charge in [0.15, 0.2) is 5.82 Å². The zero-order valence-electron chi connectivity index (χ0n) is 9.25. The normalized spacial score (nSPS) is 14.7. The van der Waals surface area contributed by atoms with Crippen LogP contribution in [0.5, 0.6) is 0 Å². The third-order valence-corrected chi connectivity index (χ3v) is 3.09. The van der Waals surface area contributed by atoms with Crippen LogP contribution in [0.1, 0.15) is 34.9 Å². The van der Waals surface area contributed by atoms with E-state index in [-0.39, 0.29) is 5.56 Å². The van der Waals surface area contributed by atoms with E-state index in [1.54, 1.807) is 12.1 Å². The van der Waals surface area contributed by atoms with Gasteiger partial charge in [-0.1, -0.05) is 11.6 Å². The maximum atomic E-state index is 11.2. The zero-order chi connectivity index (χ0) is 12.7. The third kappa shape index (κ3) is 1.84. The molecule has 92 valence electrons. The van der Waals surface area contributed by atoms with Crippen LogP contribution in [0.3, 0.4) is 0 Å². The van der Waals surface area contributed by atoms with Crippen LogP contribution >= 0.6 is 11.6 Å². The van der Waals surface area contributed by atoms with E-state index >= 15 is 0 Å². The first-order valence-electron chi connectivity index (χ1n) is 5.48. The van der Waals surface area contributed by atoms with Gasteiger partial charge in [0.1, 0.15) is 0 Å². The second-order valence-corrected chi connectivity index (χ2v) is 4.63. The Morgan fingerprint density at radius 1 is 1.44 bits per heavy atom. The second-order valence-electron chi connectivity index (χ2n) is 4.19. The van der Waals surface area contributed by atoms with Crippen molar-refractivity contribution in [1.29, 1.82) is 0 Å². The van der Waals surface area contributed by atoms with Crippen molar-refractivity contribution in [2.75, 3.05) is 0 Å². The molecule has 1 N–H and O–H groups in total. The van der Waals surface area contributed by atoms with Gasteiger partial charge in [-0.05, 0) is 41.5 Å². The van der Waals surface area contributed by atoms with E-state index in [1.165, 1.54) is 10.7 Å². The van der Waals surface area contributed by atoms with Gasteiger partial charge < -0.3 is 5.11 Å². The summed E-state index contributed by atoms with van der Waals surface area (Å²) >= 11 is 5.81. The summed E-state index contributed by atoms with van der Waals surface area (Å²) in [6.07, 6.45) is 2.08. The molecule has 6 nitrogen and oxygen atoms in total. The standard InChI is InChI=1S/C11H9ClN4O2/c12-7-3-4-9(8(5-7)11(17)18)16-10(6-1-2-6)13-14-15-16/h3-6H,1-2H2,(H,17,18). The SMILES string of the molecule is O=C(O)c1cc(Cl)ccc1-n1nnnc1C1CC1. The average Bonchev–Trinajstić information content (AvgIpc) is 3.07.